The number of carbonyl (C=O) groups is 1. The van der Waals surface area contributed by atoms with Crippen molar-refractivity contribution in [3.8, 4) is 5.69 Å². The first-order chi connectivity index (χ1) is 14.7. The Bertz CT molecular complexity index is 1180. The lowest BCUT2D eigenvalue weighted by atomic mass is 10.0. The summed E-state index contributed by atoms with van der Waals surface area (Å²) in [4.78, 5) is 15.4. The number of hydrogen-bond acceptors (Lipinski definition) is 1. The summed E-state index contributed by atoms with van der Waals surface area (Å²) in [6.07, 6.45) is 2.07. The Kier molecular flexibility index (Phi) is 4.89. The molecule has 1 aromatic heterocycles. The summed E-state index contributed by atoms with van der Waals surface area (Å²) in [5.74, 6) is 0. The van der Waals surface area contributed by atoms with Crippen LogP contribution in [0.2, 0.25) is 0 Å². The van der Waals surface area contributed by atoms with Crippen molar-refractivity contribution in [2.75, 3.05) is 5.32 Å². The molecule has 0 fully saturated rings. The number of para-hydroxylation sites is 1. The summed E-state index contributed by atoms with van der Waals surface area (Å²) < 4.78 is 3.17. The van der Waals surface area contributed by atoms with Gasteiger partial charge in [0.15, 0.2) is 0 Å². The van der Waals surface area contributed by atoms with Crippen LogP contribution in [0.25, 0.3) is 5.69 Å². The number of nitrogens with one attached hydrogen (secondary N) is 1. The lowest BCUT2D eigenvalue weighted by Gasteiger charge is -2.31. The maximum Gasteiger partial charge on any atom is 0.322 e. The van der Waals surface area contributed by atoms with E-state index in [0.717, 1.165) is 32.7 Å². The molecule has 0 unspecified atom stereocenters. The normalized spacial score (nSPS) is 15.1. The number of urea groups is 1. The number of carbonyl (C=O) groups excluding carboxylic acids is 1. The van der Waals surface area contributed by atoms with E-state index >= 15 is 0 Å². The first-order valence-corrected chi connectivity index (χ1v) is 10.6. The van der Waals surface area contributed by atoms with E-state index in [4.69, 9.17) is 0 Å². The van der Waals surface area contributed by atoms with Gasteiger partial charge in [-0.05, 0) is 53.6 Å². The second-order valence-electron chi connectivity index (χ2n) is 7.31. The van der Waals surface area contributed by atoms with Gasteiger partial charge in [0.25, 0.3) is 0 Å². The van der Waals surface area contributed by atoms with Crippen molar-refractivity contribution in [1.82, 2.24) is 9.47 Å². The highest BCUT2D eigenvalue weighted by molar-refractivity contribution is 9.10. The minimum absolute atomic E-state index is 0.129. The number of aromatic nitrogens is 1. The molecule has 4 nitrogen and oxygen atoms in total. The van der Waals surface area contributed by atoms with Crippen molar-refractivity contribution in [2.24, 2.45) is 0 Å². The summed E-state index contributed by atoms with van der Waals surface area (Å²) in [5, 5.41) is 3.08. The third-order valence-electron chi connectivity index (χ3n) is 5.44. The number of fused-ring (bicyclic) bond motifs is 3. The third-order valence-corrected chi connectivity index (χ3v) is 5.96. The predicted octanol–water partition coefficient (Wildman–Crippen LogP) is 6.38. The van der Waals surface area contributed by atoms with Gasteiger partial charge >= 0.3 is 6.03 Å². The first-order valence-electron chi connectivity index (χ1n) is 9.84. The van der Waals surface area contributed by atoms with Crippen LogP contribution in [0.1, 0.15) is 22.9 Å². The number of halogens is 1. The van der Waals surface area contributed by atoms with E-state index in [-0.39, 0.29) is 12.1 Å². The highest BCUT2D eigenvalue weighted by Crippen LogP contribution is 2.36. The molecule has 3 aromatic carbocycles. The molecule has 2 heterocycles. The van der Waals surface area contributed by atoms with Crippen LogP contribution in [0.4, 0.5) is 10.5 Å². The minimum atomic E-state index is -0.205. The second-order valence-corrected chi connectivity index (χ2v) is 8.23. The maximum atomic E-state index is 13.5. The molecule has 4 aromatic rings. The van der Waals surface area contributed by atoms with Crippen LogP contribution in [-0.4, -0.2) is 15.5 Å². The Balaban J connectivity index is 1.62. The molecule has 0 saturated heterocycles. The summed E-state index contributed by atoms with van der Waals surface area (Å²) in [6, 6.07) is 29.9. The number of anilines is 1. The predicted molar refractivity (Wildman–Crippen MR) is 123 cm³/mol. The van der Waals surface area contributed by atoms with Gasteiger partial charge in [0.2, 0.25) is 0 Å². The topological polar surface area (TPSA) is 37.3 Å². The molecule has 0 aliphatic carbocycles. The van der Waals surface area contributed by atoms with Gasteiger partial charge < -0.3 is 14.8 Å². The molecular weight excluding hydrogens is 438 g/mol. The maximum absolute atomic E-state index is 13.5. The number of benzene rings is 3. The number of amides is 2. The van der Waals surface area contributed by atoms with Crippen LogP contribution >= 0.6 is 15.9 Å². The van der Waals surface area contributed by atoms with Crippen molar-refractivity contribution < 1.29 is 4.79 Å². The van der Waals surface area contributed by atoms with Gasteiger partial charge in [0, 0.05) is 22.1 Å². The number of hydrogen-bond donors (Lipinski definition) is 1. The molecule has 1 aliphatic rings. The van der Waals surface area contributed by atoms with Gasteiger partial charge in [-0.3, -0.25) is 0 Å². The molecule has 148 valence electrons. The van der Waals surface area contributed by atoms with E-state index in [1.54, 1.807) is 0 Å². The number of nitrogens with zero attached hydrogens (tertiary/aromatic N) is 2. The molecule has 1 aliphatic heterocycles. The van der Waals surface area contributed by atoms with Crippen molar-refractivity contribution in [3.63, 3.8) is 0 Å². The average Bonchev–Trinajstić information content (AvgIpc) is 3.20. The fourth-order valence-electron chi connectivity index (χ4n) is 4.05. The van der Waals surface area contributed by atoms with Crippen molar-refractivity contribution in [2.45, 2.75) is 12.6 Å². The molecule has 0 radical (unpaired) electrons. The van der Waals surface area contributed by atoms with Gasteiger partial charge in [-0.25, -0.2) is 4.79 Å². The van der Waals surface area contributed by atoms with Gasteiger partial charge in [0.05, 0.1) is 18.3 Å². The summed E-state index contributed by atoms with van der Waals surface area (Å²) >= 11 is 3.44. The monoisotopic (exact) mass is 457 g/mol. The van der Waals surface area contributed by atoms with Crippen molar-refractivity contribution >= 4 is 27.6 Å². The molecule has 1 N–H and O–H groups in total. The van der Waals surface area contributed by atoms with Crippen LogP contribution < -0.4 is 5.32 Å². The zero-order chi connectivity index (χ0) is 20.5. The van der Waals surface area contributed by atoms with E-state index in [0.29, 0.717) is 6.54 Å². The minimum Gasteiger partial charge on any atom is -0.318 e. The first kappa shape index (κ1) is 18.7. The molecular formula is C25H20BrN3O. The molecule has 0 spiro atoms. The molecule has 30 heavy (non-hydrogen) atoms. The molecule has 1 atom stereocenters. The average molecular weight is 458 g/mol. The van der Waals surface area contributed by atoms with E-state index < -0.39 is 0 Å². The summed E-state index contributed by atoms with van der Waals surface area (Å²) in [5.41, 5.74) is 5.13. The summed E-state index contributed by atoms with van der Waals surface area (Å²) in [7, 11) is 0. The van der Waals surface area contributed by atoms with Crippen LogP contribution in [0.15, 0.2) is 102 Å². The van der Waals surface area contributed by atoms with Crippen LogP contribution in [-0.2, 0) is 6.54 Å². The Hall–Kier alpha value is -3.31. The SMILES string of the molecule is O=C(Nc1ccc(Br)cc1)N1Cc2ccccc2-n2cccc2[C@@H]1c1ccccc1. The van der Waals surface area contributed by atoms with Gasteiger partial charge in [-0.15, -0.1) is 0 Å². The summed E-state index contributed by atoms with van der Waals surface area (Å²) in [6.45, 7) is 0.514. The van der Waals surface area contributed by atoms with E-state index in [1.807, 2.05) is 65.6 Å². The largest absolute Gasteiger partial charge is 0.322 e. The molecule has 5 heteroatoms. The molecule has 5 rings (SSSR count). The standard InChI is InChI=1S/C25H20BrN3O/c26-20-12-14-21(15-13-20)27-25(30)29-17-19-9-4-5-10-22(19)28-16-6-11-23(28)24(29)18-7-2-1-3-8-18/h1-16,24H,17H2,(H,27,30)/t24-/m0/s1. The Morgan fingerprint density at radius 2 is 1.60 bits per heavy atom. The van der Waals surface area contributed by atoms with Gasteiger partial charge in [-0.1, -0.05) is 64.5 Å². The lowest BCUT2D eigenvalue weighted by molar-refractivity contribution is 0.194. The number of rotatable bonds is 2. The van der Waals surface area contributed by atoms with E-state index in [9.17, 15) is 4.79 Å². The molecule has 0 saturated carbocycles. The van der Waals surface area contributed by atoms with Gasteiger partial charge in [0.1, 0.15) is 0 Å². The Morgan fingerprint density at radius 3 is 2.40 bits per heavy atom. The highest BCUT2D eigenvalue weighted by atomic mass is 79.9. The molecule has 0 bridgehead atoms. The van der Waals surface area contributed by atoms with Crippen molar-refractivity contribution in [1.29, 1.82) is 0 Å². The van der Waals surface area contributed by atoms with E-state index in [1.165, 1.54) is 0 Å². The zero-order valence-corrected chi connectivity index (χ0v) is 17.8. The highest BCUT2D eigenvalue weighted by Gasteiger charge is 2.32. The zero-order valence-electron chi connectivity index (χ0n) is 16.2. The quantitative estimate of drug-likeness (QED) is 0.372. The Labute approximate surface area is 183 Å². The Morgan fingerprint density at radius 1 is 0.867 bits per heavy atom. The third kappa shape index (κ3) is 3.42. The van der Waals surface area contributed by atoms with Crippen LogP contribution in [0.5, 0.6) is 0 Å². The molecule has 2 amide bonds. The van der Waals surface area contributed by atoms with Crippen LogP contribution in [0.3, 0.4) is 0 Å². The van der Waals surface area contributed by atoms with E-state index in [2.05, 4.69) is 62.3 Å². The van der Waals surface area contributed by atoms with Crippen molar-refractivity contribution in [3.05, 3.63) is 118 Å². The van der Waals surface area contributed by atoms with Crippen LogP contribution in [0, 0.1) is 0 Å². The fourth-order valence-corrected chi connectivity index (χ4v) is 4.32. The smallest absolute Gasteiger partial charge is 0.318 e. The fraction of sp³-hybridized carbons (Fsp3) is 0.0800. The lowest BCUT2D eigenvalue weighted by Crippen LogP contribution is -2.37. The second kappa shape index (κ2) is 7.84. The van der Waals surface area contributed by atoms with Gasteiger partial charge in [-0.2, -0.15) is 0 Å².